The first kappa shape index (κ1) is 29.0. The number of carboxylic acid groups (broad SMARTS) is 1. The Balaban J connectivity index is 2.51. The van der Waals surface area contributed by atoms with E-state index in [1.54, 1.807) is 13.8 Å². The normalized spacial score (nSPS) is 10.8. The van der Waals surface area contributed by atoms with Crippen LogP contribution in [0.2, 0.25) is 0 Å². The molecule has 0 aromatic heterocycles. The number of carboxylic acids is 1. The fourth-order valence-electron chi connectivity index (χ4n) is 2.39. The number of esters is 3. The predicted octanol–water partition coefficient (Wildman–Crippen LogP) is 2.95. The number of benzene rings is 1. The Kier molecular flexibility index (Phi) is 12.2. The molecule has 10 nitrogen and oxygen atoms in total. The largest absolute Gasteiger partial charge is 0.478 e. The van der Waals surface area contributed by atoms with Crippen molar-refractivity contribution in [2.24, 2.45) is 5.41 Å². The highest BCUT2D eigenvalue weighted by atomic mass is 32.2. The van der Waals surface area contributed by atoms with Crippen molar-refractivity contribution in [2.45, 2.75) is 20.8 Å². The Morgan fingerprint density at radius 3 is 2.38 bits per heavy atom. The Labute approximate surface area is 202 Å². The van der Waals surface area contributed by atoms with E-state index in [1.807, 2.05) is 0 Å². The number of carbonyl (C=O) groups excluding carboxylic acids is 3. The van der Waals surface area contributed by atoms with Crippen molar-refractivity contribution >= 4 is 35.6 Å². The summed E-state index contributed by atoms with van der Waals surface area (Å²) in [6.07, 6.45) is 0. The minimum atomic E-state index is -1.32. The molecule has 1 aromatic carbocycles. The molecular formula is C23H30O10S. The molecule has 0 aliphatic heterocycles. The van der Waals surface area contributed by atoms with Gasteiger partial charge in [-0.3, -0.25) is 4.79 Å². The van der Waals surface area contributed by atoms with E-state index in [9.17, 15) is 24.3 Å². The number of hydrogen-bond acceptors (Lipinski definition) is 10. The summed E-state index contributed by atoms with van der Waals surface area (Å²) in [4.78, 5) is 46.8. The van der Waals surface area contributed by atoms with Gasteiger partial charge in [-0.05, 0) is 39.0 Å². The van der Waals surface area contributed by atoms with Gasteiger partial charge in [-0.15, -0.1) is 0 Å². The molecule has 0 saturated carbocycles. The summed E-state index contributed by atoms with van der Waals surface area (Å²) in [6.45, 7) is 8.41. The first-order valence-corrected chi connectivity index (χ1v) is 11.4. The molecule has 1 rings (SSSR count). The maximum Gasteiger partial charge on any atom is 0.339 e. The average molecular weight is 499 g/mol. The molecule has 0 aliphatic carbocycles. The first-order chi connectivity index (χ1) is 16.0. The van der Waals surface area contributed by atoms with E-state index < -0.39 is 23.3 Å². The zero-order valence-electron chi connectivity index (χ0n) is 19.7. The lowest BCUT2D eigenvalue weighted by Crippen LogP contribution is -2.28. The van der Waals surface area contributed by atoms with Gasteiger partial charge in [0.05, 0.1) is 30.3 Å². The van der Waals surface area contributed by atoms with E-state index in [4.69, 9.17) is 23.7 Å². The molecule has 11 heteroatoms. The summed E-state index contributed by atoms with van der Waals surface area (Å²) in [7, 11) is 1.32. The SMILES string of the molecule is C=C(C)C(=O)OCCOCOc1ccc(C(=O)OCCSCC(C)(C)C(=O)OC)c(C(=O)O)c1. The standard InChI is InChI=1S/C23H30O10S/c1-15(2)20(26)31-9-8-30-14-33-16-6-7-17(18(12-16)19(24)25)21(27)32-10-11-34-13-23(3,4)22(28)29-5/h6-7,12H,1,8-11,13-14H2,2-5H3,(H,24,25). The second-order valence-corrected chi connectivity index (χ2v) is 8.77. The number of thioether (sulfide) groups is 1. The van der Waals surface area contributed by atoms with Crippen molar-refractivity contribution in [3.8, 4) is 5.75 Å². The summed E-state index contributed by atoms with van der Waals surface area (Å²) in [5.74, 6) is -1.89. The molecule has 0 aliphatic rings. The van der Waals surface area contributed by atoms with Crippen molar-refractivity contribution < 1.29 is 48.0 Å². The minimum Gasteiger partial charge on any atom is -0.478 e. The maximum atomic E-state index is 12.3. The monoisotopic (exact) mass is 498 g/mol. The predicted molar refractivity (Wildman–Crippen MR) is 124 cm³/mol. The van der Waals surface area contributed by atoms with Gasteiger partial charge in [0.1, 0.15) is 19.0 Å². The minimum absolute atomic E-state index is 0.0126. The molecule has 1 aromatic rings. The average Bonchev–Trinajstić information content (AvgIpc) is 2.79. The summed E-state index contributed by atoms with van der Waals surface area (Å²) in [5.41, 5.74) is -0.795. The molecule has 0 unspecified atom stereocenters. The highest BCUT2D eigenvalue weighted by Gasteiger charge is 2.28. The molecular weight excluding hydrogens is 468 g/mol. The molecule has 0 heterocycles. The topological polar surface area (TPSA) is 135 Å². The highest BCUT2D eigenvalue weighted by molar-refractivity contribution is 7.99. The third-order valence-electron chi connectivity index (χ3n) is 4.22. The van der Waals surface area contributed by atoms with Crippen molar-refractivity contribution in [3.63, 3.8) is 0 Å². The van der Waals surface area contributed by atoms with Crippen LogP contribution < -0.4 is 4.74 Å². The zero-order valence-corrected chi connectivity index (χ0v) is 20.5. The summed E-state index contributed by atoms with van der Waals surface area (Å²) < 4.78 is 25.3. The Bertz CT molecular complexity index is 894. The Morgan fingerprint density at radius 1 is 1.06 bits per heavy atom. The molecule has 0 fully saturated rings. The number of aromatic carboxylic acids is 1. The highest BCUT2D eigenvalue weighted by Crippen LogP contribution is 2.23. The van der Waals surface area contributed by atoms with Crippen LogP contribution in [0, 0.1) is 5.41 Å². The summed E-state index contributed by atoms with van der Waals surface area (Å²) in [6, 6.07) is 3.90. The zero-order chi connectivity index (χ0) is 25.7. The number of rotatable bonds is 15. The fraction of sp³-hybridized carbons (Fsp3) is 0.478. The van der Waals surface area contributed by atoms with Crippen LogP contribution in [0.5, 0.6) is 5.75 Å². The summed E-state index contributed by atoms with van der Waals surface area (Å²) in [5, 5.41) is 9.45. The van der Waals surface area contributed by atoms with Gasteiger partial charge in [0, 0.05) is 17.1 Å². The second kappa shape index (κ2) is 14.3. The Morgan fingerprint density at radius 2 is 1.76 bits per heavy atom. The van der Waals surface area contributed by atoms with E-state index in [1.165, 1.54) is 44.0 Å². The van der Waals surface area contributed by atoms with Crippen LogP contribution >= 0.6 is 11.8 Å². The molecule has 0 bridgehead atoms. The van der Waals surface area contributed by atoms with Gasteiger partial charge in [0.2, 0.25) is 0 Å². The van der Waals surface area contributed by atoms with Crippen LogP contribution in [0.3, 0.4) is 0 Å². The van der Waals surface area contributed by atoms with E-state index in [2.05, 4.69) is 6.58 Å². The van der Waals surface area contributed by atoms with E-state index in [0.29, 0.717) is 11.5 Å². The number of ether oxygens (including phenoxy) is 5. The molecule has 34 heavy (non-hydrogen) atoms. The quantitative estimate of drug-likeness (QED) is 0.126. The van der Waals surface area contributed by atoms with Crippen LogP contribution in [0.4, 0.5) is 0 Å². The van der Waals surface area contributed by atoms with Crippen LogP contribution in [0.1, 0.15) is 41.5 Å². The van der Waals surface area contributed by atoms with Crippen LogP contribution in [-0.2, 0) is 28.5 Å². The molecule has 0 atom stereocenters. The van der Waals surface area contributed by atoms with Crippen LogP contribution in [0.25, 0.3) is 0 Å². The smallest absolute Gasteiger partial charge is 0.339 e. The number of methoxy groups -OCH3 is 1. The van der Waals surface area contributed by atoms with Gasteiger partial charge in [-0.2, -0.15) is 11.8 Å². The fourth-order valence-corrected chi connectivity index (χ4v) is 3.36. The van der Waals surface area contributed by atoms with Gasteiger partial charge < -0.3 is 28.8 Å². The molecule has 1 N–H and O–H groups in total. The molecule has 0 radical (unpaired) electrons. The number of hydrogen-bond donors (Lipinski definition) is 1. The molecule has 0 saturated heterocycles. The van der Waals surface area contributed by atoms with E-state index in [-0.39, 0.29) is 55.0 Å². The van der Waals surface area contributed by atoms with Crippen LogP contribution in [-0.4, -0.2) is 74.2 Å². The van der Waals surface area contributed by atoms with E-state index >= 15 is 0 Å². The van der Waals surface area contributed by atoms with Gasteiger partial charge in [-0.25, -0.2) is 14.4 Å². The molecule has 188 valence electrons. The lowest BCUT2D eigenvalue weighted by molar-refractivity contribution is -0.149. The van der Waals surface area contributed by atoms with Gasteiger partial charge in [-0.1, -0.05) is 6.58 Å². The third kappa shape index (κ3) is 9.84. The molecule has 0 spiro atoms. The summed E-state index contributed by atoms with van der Waals surface area (Å²) >= 11 is 1.41. The second-order valence-electron chi connectivity index (χ2n) is 7.66. The van der Waals surface area contributed by atoms with Gasteiger partial charge in [0.25, 0.3) is 0 Å². The number of carbonyl (C=O) groups is 4. The first-order valence-electron chi connectivity index (χ1n) is 10.2. The van der Waals surface area contributed by atoms with Gasteiger partial charge in [0.15, 0.2) is 6.79 Å². The third-order valence-corrected chi connectivity index (χ3v) is 5.60. The Hall–Kier alpha value is -3.05. The van der Waals surface area contributed by atoms with Crippen molar-refractivity contribution in [1.82, 2.24) is 0 Å². The lowest BCUT2D eigenvalue weighted by atomic mass is 9.97. The van der Waals surface area contributed by atoms with E-state index in [0.717, 1.165) is 0 Å². The van der Waals surface area contributed by atoms with Crippen molar-refractivity contribution in [3.05, 3.63) is 41.5 Å². The molecule has 0 amide bonds. The lowest BCUT2D eigenvalue weighted by Gasteiger charge is -2.20. The van der Waals surface area contributed by atoms with Gasteiger partial charge >= 0.3 is 23.9 Å². The van der Waals surface area contributed by atoms with Crippen LogP contribution in [0.15, 0.2) is 30.4 Å². The van der Waals surface area contributed by atoms with Crippen molar-refractivity contribution in [2.75, 3.05) is 45.2 Å². The van der Waals surface area contributed by atoms with Crippen molar-refractivity contribution in [1.29, 1.82) is 0 Å². The maximum absolute atomic E-state index is 12.3.